The number of ether oxygens (including phenoxy) is 1. The van der Waals surface area contributed by atoms with Crippen LogP contribution in [-0.4, -0.2) is 23.2 Å². The Labute approximate surface area is 77.5 Å². The van der Waals surface area contributed by atoms with E-state index < -0.39 is 0 Å². The Kier molecular flexibility index (Phi) is 3.49. The monoisotopic (exact) mass is 182 g/mol. The summed E-state index contributed by atoms with van der Waals surface area (Å²) >= 11 is 0. The predicted octanol–water partition coefficient (Wildman–Crippen LogP) is 1.04. The van der Waals surface area contributed by atoms with Gasteiger partial charge in [0.15, 0.2) is 5.75 Å². The lowest BCUT2D eigenvalue weighted by Crippen LogP contribution is -2.03. The van der Waals surface area contributed by atoms with E-state index in [1.165, 1.54) is 0 Å². The van der Waals surface area contributed by atoms with E-state index in [1.807, 2.05) is 11.6 Å². The molecule has 0 aliphatic carbocycles. The molecule has 0 aromatic carbocycles. The van der Waals surface area contributed by atoms with Gasteiger partial charge in [-0.25, -0.2) is 0 Å². The van der Waals surface area contributed by atoms with Crippen LogP contribution in [-0.2, 0) is 17.8 Å². The number of hydrogen-bond donors (Lipinski definition) is 0. The number of carbonyl (C=O) groups is 1. The largest absolute Gasteiger partial charge is 0.493 e. The van der Waals surface area contributed by atoms with E-state index in [0.717, 1.165) is 24.3 Å². The average Bonchev–Trinajstić information content (AvgIpc) is 2.56. The molecule has 0 amide bonds. The standard InChI is InChI=1S/C9H14N2O2/c1-3-11-8(5-4-6-12)9(13-2)7-10-11/h6-7H,3-5H2,1-2H3. The van der Waals surface area contributed by atoms with E-state index in [2.05, 4.69) is 5.10 Å². The molecule has 0 saturated carbocycles. The van der Waals surface area contributed by atoms with Crippen molar-refractivity contribution in [1.82, 2.24) is 9.78 Å². The van der Waals surface area contributed by atoms with Gasteiger partial charge in [0.2, 0.25) is 0 Å². The number of rotatable bonds is 5. The first-order chi connectivity index (χ1) is 6.33. The zero-order valence-electron chi connectivity index (χ0n) is 7.99. The van der Waals surface area contributed by atoms with Gasteiger partial charge in [-0.1, -0.05) is 0 Å². The van der Waals surface area contributed by atoms with E-state index in [1.54, 1.807) is 13.3 Å². The van der Waals surface area contributed by atoms with Crippen molar-refractivity contribution in [2.45, 2.75) is 26.3 Å². The Balaban J connectivity index is 2.84. The summed E-state index contributed by atoms with van der Waals surface area (Å²) in [6.45, 7) is 2.81. The van der Waals surface area contributed by atoms with Crippen LogP contribution in [0.5, 0.6) is 5.75 Å². The summed E-state index contributed by atoms with van der Waals surface area (Å²) in [5.41, 5.74) is 0.997. The summed E-state index contributed by atoms with van der Waals surface area (Å²) < 4.78 is 6.98. The molecule has 4 heteroatoms. The van der Waals surface area contributed by atoms with Crippen LogP contribution in [0.4, 0.5) is 0 Å². The molecule has 72 valence electrons. The van der Waals surface area contributed by atoms with Crippen LogP contribution in [0.2, 0.25) is 0 Å². The number of aryl methyl sites for hydroxylation is 1. The highest BCUT2D eigenvalue weighted by Crippen LogP contribution is 2.18. The molecule has 13 heavy (non-hydrogen) atoms. The molecule has 0 atom stereocenters. The second-order valence-corrected chi connectivity index (χ2v) is 2.68. The minimum Gasteiger partial charge on any atom is -0.493 e. The first-order valence-corrected chi connectivity index (χ1v) is 4.35. The molecular formula is C9H14N2O2. The van der Waals surface area contributed by atoms with Crippen LogP contribution in [0, 0.1) is 0 Å². The van der Waals surface area contributed by atoms with Crippen LogP contribution in [0.15, 0.2) is 6.20 Å². The molecule has 1 heterocycles. The fourth-order valence-electron chi connectivity index (χ4n) is 1.28. The third-order valence-electron chi connectivity index (χ3n) is 1.93. The third-order valence-corrected chi connectivity index (χ3v) is 1.93. The smallest absolute Gasteiger partial charge is 0.159 e. The maximum absolute atomic E-state index is 10.2. The van der Waals surface area contributed by atoms with E-state index in [-0.39, 0.29) is 0 Å². The molecule has 0 unspecified atom stereocenters. The number of methoxy groups -OCH3 is 1. The van der Waals surface area contributed by atoms with Gasteiger partial charge in [-0.3, -0.25) is 4.68 Å². The summed E-state index contributed by atoms with van der Waals surface area (Å²) in [5.74, 6) is 0.767. The minimum absolute atomic E-state index is 0.516. The average molecular weight is 182 g/mol. The summed E-state index contributed by atoms with van der Waals surface area (Å²) in [6, 6.07) is 0. The summed E-state index contributed by atoms with van der Waals surface area (Å²) in [6.07, 6.45) is 3.80. The zero-order valence-corrected chi connectivity index (χ0v) is 7.99. The van der Waals surface area contributed by atoms with Crippen molar-refractivity contribution in [2.75, 3.05) is 7.11 Å². The number of aldehydes is 1. The van der Waals surface area contributed by atoms with Crippen LogP contribution in [0.1, 0.15) is 19.0 Å². The fraction of sp³-hybridized carbons (Fsp3) is 0.556. The second kappa shape index (κ2) is 4.64. The highest BCUT2D eigenvalue weighted by molar-refractivity contribution is 5.50. The Morgan fingerprint density at radius 1 is 1.69 bits per heavy atom. The predicted molar refractivity (Wildman–Crippen MR) is 48.8 cm³/mol. The van der Waals surface area contributed by atoms with Gasteiger partial charge < -0.3 is 9.53 Å². The van der Waals surface area contributed by atoms with Crippen LogP contribution in [0.3, 0.4) is 0 Å². The zero-order chi connectivity index (χ0) is 9.68. The van der Waals surface area contributed by atoms with E-state index in [0.29, 0.717) is 12.8 Å². The van der Waals surface area contributed by atoms with E-state index >= 15 is 0 Å². The fourth-order valence-corrected chi connectivity index (χ4v) is 1.28. The molecule has 0 fully saturated rings. The molecule has 1 rings (SSSR count). The van der Waals surface area contributed by atoms with Crippen molar-refractivity contribution in [3.8, 4) is 5.75 Å². The SMILES string of the molecule is CCn1ncc(OC)c1CCC=O. The van der Waals surface area contributed by atoms with Crippen molar-refractivity contribution in [3.63, 3.8) is 0 Å². The van der Waals surface area contributed by atoms with Gasteiger partial charge in [0.1, 0.15) is 6.29 Å². The minimum atomic E-state index is 0.516. The van der Waals surface area contributed by atoms with Crippen molar-refractivity contribution < 1.29 is 9.53 Å². The van der Waals surface area contributed by atoms with Gasteiger partial charge in [0, 0.05) is 13.0 Å². The second-order valence-electron chi connectivity index (χ2n) is 2.68. The number of nitrogens with zero attached hydrogens (tertiary/aromatic N) is 2. The number of hydrogen-bond acceptors (Lipinski definition) is 3. The lowest BCUT2D eigenvalue weighted by atomic mass is 10.2. The van der Waals surface area contributed by atoms with Gasteiger partial charge in [0.05, 0.1) is 19.0 Å². The first-order valence-electron chi connectivity index (χ1n) is 4.35. The van der Waals surface area contributed by atoms with Crippen LogP contribution >= 0.6 is 0 Å². The highest BCUT2D eigenvalue weighted by atomic mass is 16.5. The van der Waals surface area contributed by atoms with Crippen LogP contribution < -0.4 is 4.74 Å². The Morgan fingerprint density at radius 3 is 3.00 bits per heavy atom. The Bertz CT molecular complexity index is 260. The Morgan fingerprint density at radius 2 is 2.46 bits per heavy atom. The van der Waals surface area contributed by atoms with E-state index in [4.69, 9.17) is 4.74 Å². The maximum atomic E-state index is 10.2. The summed E-state index contributed by atoms with van der Waals surface area (Å²) in [4.78, 5) is 10.2. The van der Waals surface area contributed by atoms with Gasteiger partial charge >= 0.3 is 0 Å². The molecule has 4 nitrogen and oxygen atoms in total. The topological polar surface area (TPSA) is 44.1 Å². The van der Waals surface area contributed by atoms with Crippen LogP contribution in [0.25, 0.3) is 0 Å². The third kappa shape index (κ3) is 2.08. The van der Waals surface area contributed by atoms with Crippen molar-refractivity contribution in [2.24, 2.45) is 0 Å². The van der Waals surface area contributed by atoms with Gasteiger partial charge in [0.25, 0.3) is 0 Å². The molecular weight excluding hydrogens is 168 g/mol. The maximum Gasteiger partial charge on any atom is 0.159 e. The molecule has 0 N–H and O–H groups in total. The first kappa shape index (κ1) is 9.77. The molecule has 0 aliphatic heterocycles. The lowest BCUT2D eigenvalue weighted by Gasteiger charge is -2.04. The molecule has 0 radical (unpaired) electrons. The Hall–Kier alpha value is -1.32. The molecule has 0 bridgehead atoms. The van der Waals surface area contributed by atoms with Gasteiger partial charge in [-0.05, 0) is 13.3 Å². The number of aromatic nitrogens is 2. The molecule has 1 aromatic rings. The molecule has 0 spiro atoms. The van der Waals surface area contributed by atoms with Gasteiger partial charge in [-0.2, -0.15) is 5.10 Å². The molecule has 0 aliphatic rings. The van der Waals surface area contributed by atoms with Crippen molar-refractivity contribution in [1.29, 1.82) is 0 Å². The molecule has 1 aromatic heterocycles. The van der Waals surface area contributed by atoms with E-state index in [9.17, 15) is 4.79 Å². The quantitative estimate of drug-likeness (QED) is 0.639. The normalized spacial score (nSPS) is 10.0. The summed E-state index contributed by atoms with van der Waals surface area (Å²) in [5, 5.41) is 4.13. The van der Waals surface area contributed by atoms with Crippen molar-refractivity contribution in [3.05, 3.63) is 11.9 Å². The highest BCUT2D eigenvalue weighted by Gasteiger charge is 2.08. The molecule has 0 saturated heterocycles. The summed E-state index contributed by atoms with van der Waals surface area (Å²) in [7, 11) is 1.61. The van der Waals surface area contributed by atoms with Crippen molar-refractivity contribution >= 4 is 6.29 Å². The lowest BCUT2D eigenvalue weighted by molar-refractivity contribution is -0.107. The number of carbonyl (C=O) groups excluding carboxylic acids is 1. The van der Waals surface area contributed by atoms with Gasteiger partial charge in [-0.15, -0.1) is 0 Å².